The normalized spacial score (nSPS) is 10.8. The van der Waals surface area contributed by atoms with Crippen LogP contribution in [0, 0.1) is 19.7 Å². The molecular weight excluding hydrogens is 255 g/mol. The maximum atomic E-state index is 13.5. The maximum absolute atomic E-state index is 13.5. The summed E-state index contributed by atoms with van der Waals surface area (Å²) in [4.78, 5) is 11.5. The van der Waals surface area contributed by atoms with Gasteiger partial charge in [0, 0.05) is 31.9 Å². The molecule has 0 aliphatic rings. The van der Waals surface area contributed by atoms with E-state index in [-0.39, 0.29) is 11.4 Å². The Kier molecular flexibility index (Phi) is 4.69. The van der Waals surface area contributed by atoms with Crippen molar-refractivity contribution in [2.75, 3.05) is 6.54 Å². The van der Waals surface area contributed by atoms with Crippen LogP contribution < -0.4 is 10.9 Å². The minimum atomic E-state index is -0.135. The Morgan fingerprint density at radius 2 is 1.90 bits per heavy atom. The first-order chi connectivity index (χ1) is 9.58. The fourth-order valence-electron chi connectivity index (χ4n) is 2.22. The van der Waals surface area contributed by atoms with Gasteiger partial charge in [-0.15, -0.1) is 0 Å². The van der Waals surface area contributed by atoms with E-state index in [0.29, 0.717) is 30.8 Å². The third kappa shape index (κ3) is 3.54. The third-order valence-corrected chi connectivity index (χ3v) is 3.25. The predicted molar refractivity (Wildman–Crippen MR) is 78.3 cm³/mol. The van der Waals surface area contributed by atoms with Gasteiger partial charge in [0.05, 0.1) is 0 Å². The maximum Gasteiger partial charge on any atom is 0.250 e. The Morgan fingerprint density at radius 3 is 2.55 bits per heavy atom. The van der Waals surface area contributed by atoms with E-state index >= 15 is 0 Å². The molecule has 1 aromatic heterocycles. The summed E-state index contributed by atoms with van der Waals surface area (Å²) < 4.78 is 15.2. The van der Waals surface area contributed by atoms with Crippen LogP contribution in [0.2, 0.25) is 0 Å². The number of nitrogens with zero attached hydrogens (tertiary/aromatic N) is 1. The molecule has 20 heavy (non-hydrogen) atoms. The van der Waals surface area contributed by atoms with Crippen molar-refractivity contribution in [2.24, 2.45) is 0 Å². The van der Waals surface area contributed by atoms with Crippen LogP contribution in [0.3, 0.4) is 0 Å². The number of halogens is 1. The minimum Gasteiger partial charge on any atom is -0.314 e. The van der Waals surface area contributed by atoms with E-state index in [0.717, 1.165) is 5.56 Å². The van der Waals surface area contributed by atoms with Crippen LogP contribution in [0.1, 0.15) is 16.7 Å². The van der Waals surface area contributed by atoms with Gasteiger partial charge < -0.3 is 9.88 Å². The van der Waals surface area contributed by atoms with Crippen molar-refractivity contribution >= 4 is 0 Å². The number of aryl methyl sites for hydroxylation is 2. The Morgan fingerprint density at radius 1 is 1.20 bits per heavy atom. The summed E-state index contributed by atoms with van der Waals surface area (Å²) in [5.41, 5.74) is 2.40. The van der Waals surface area contributed by atoms with Crippen LogP contribution in [-0.2, 0) is 13.1 Å². The van der Waals surface area contributed by atoms with E-state index in [2.05, 4.69) is 5.32 Å². The van der Waals surface area contributed by atoms with Gasteiger partial charge in [-0.05, 0) is 36.6 Å². The summed E-state index contributed by atoms with van der Waals surface area (Å²) in [6, 6.07) is 8.82. The zero-order valence-corrected chi connectivity index (χ0v) is 11.8. The van der Waals surface area contributed by atoms with Gasteiger partial charge in [-0.25, -0.2) is 4.39 Å². The van der Waals surface area contributed by atoms with Crippen molar-refractivity contribution in [3.05, 3.63) is 69.4 Å². The first-order valence-corrected chi connectivity index (χ1v) is 6.70. The summed E-state index contributed by atoms with van der Waals surface area (Å²) in [6.45, 7) is 5.53. The second-order valence-corrected chi connectivity index (χ2v) is 4.95. The zero-order valence-electron chi connectivity index (χ0n) is 11.8. The Labute approximate surface area is 118 Å². The average molecular weight is 274 g/mol. The van der Waals surface area contributed by atoms with E-state index in [4.69, 9.17) is 0 Å². The Balaban J connectivity index is 1.88. The lowest BCUT2D eigenvalue weighted by Crippen LogP contribution is -2.25. The molecule has 0 radical (unpaired) electrons. The van der Waals surface area contributed by atoms with Crippen LogP contribution in [0.15, 0.2) is 41.3 Å². The highest BCUT2D eigenvalue weighted by Crippen LogP contribution is 2.14. The summed E-state index contributed by atoms with van der Waals surface area (Å²) in [6.07, 6.45) is 1.77. The molecule has 0 aliphatic carbocycles. The van der Waals surface area contributed by atoms with Gasteiger partial charge in [0.2, 0.25) is 0 Å². The highest BCUT2D eigenvalue weighted by atomic mass is 19.1. The van der Waals surface area contributed by atoms with Gasteiger partial charge in [0.15, 0.2) is 0 Å². The van der Waals surface area contributed by atoms with Gasteiger partial charge in [-0.1, -0.05) is 18.2 Å². The topological polar surface area (TPSA) is 34.0 Å². The number of nitrogens with one attached hydrogen (secondary N) is 1. The summed E-state index contributed by atoms with van der Waals surface area (Å²) in [5.74, 6) is -0.135. The van der Waals surface area contributed by atoms with Crippen LogP contribution in [0.4, 0.5) is 4.39 Å². The fraction of sp³-hybridized carbons (Fsp3) is 0.312. The monoisotopic (exact) mass is 274 g/mol. The molecular formula is C16H19FN2O. The molecule has 2 aromatic rings. The number of hydrogen-bond acceptors (Lipinski definition) is 2. The highest BCUT2D eigenvalue weighted by Gasteiger charge is 2.03. The number of hydrogen-bond donors (Lipinski definition) is 1. The van der Waals surface area contributed by atoms with Crippen LogP contribution in [0.25, 0.3) is 0 Å². The van der Waals surface area contributed by atoms with E-state index < -0.39 is 0 Å². The van der Waals surface area contributed by atoms with Crippen molar-refractivity contribution in [3.8, 4) is 0 Å². The smallest absolute Gasteiger partial charge is 0.250 e. The van der Waals surface area contributed by atoms with Crippen molar-refractivity contribution in [3.63, 3.8) is 0 Å². The molecule has 0 bridgehead atoms. The lowest BCUT2D eigenvalue weighted by molar-refractivity contribution is 0.581. The van der Waals surface area contributed by atoms with E-state index in [9.17, 15) is 9.18 Å². The number of rotatable bonds is 5. The highest BCUT2D eigenvalue weighted by molar-refractivity contribution is 5.30. The molecule has 4 heteroatoms. The molecule has 0 unspecified atom stereocenters. The quantitative estimate of drug-likeness (QED) is 0.849. The summed E-state index contributed by atoms with van der Waals surface area (Å²) >= 11 is 0. The van der Waals surface area contributed by atoms with Crippen LogP contribution >= 0.6 is 0 Å². The molecule has 0 saturated heterocycles. The van der Waals surface area contributed by atoms with Gasteiger partial charge >= 0.3 is 0 Å². The molecule has 0 aliphatic heterocycles. The lowest BCUT2D eigenvalue weighted by atomic mass is 10.1. The summed E-state index contributed by atoms with van der Waals surface area (Å²) in [5, 5.41) is 3.27. The Hall–Kier alpha value is -1.94. The first-order valence-electron chi connectivity index (χ1n) is 6.70. The van der Waals surface area contributed by atoms with E-state index in [1.165, 1.54) is 0 Å². The molecule has 0 spiro atoms. The molecule has 1 N–H and O–H groups in total. The molecule has 0 atom stereocenters. The number of aromatic nitrogens is 1. The minimum absolute atomic E-state index is 0.00257. The molecule has 0 amide bonds. The van der Waals surface area contributed by atoms with Gasteiger partial charge in [0.1, 0.15) is 5.82 Å². The Bertz CT molecular complexity index is 626. The van der Waals surface area contributed by atoms with E-state index in [1.807, 2.05) is 18.2 Å². The van der Waals surface area contributed by atoms with Crippen molar-refractivity contribution in [1.82, 2.24) is 9.88 Å². The average Bonchev–Trinajstić information content (AvgIpc) is 2.42. The van der Waals surface area contributed by atoms with Crippen LogP contribution in [-0.4, -0.2) is 11.1 Å². The zero-order chi connectivity index (χ0) is 14.5. The molecule has 1 heterocycles. The molecule has 0 fully saturated rings. The number of benzene rings is 1. The largest absolute Gasteiger partial charge is 0.314 e. The van der Waals surface area contributed by atoms with E-state index in [1.54, 1.807) is 36.7 Å². The van der Waals surface area contributed by atoms with Crippen LogP contribution in [0.5, 0.6) is 0 Å². The molecule has 1 aromatic carbocycles. The predicted octanol–water partition coefficient (Wildman–Crippen LogP) is 2.39. The van der Waals surface area contributed by atoms with Crippen molar-refractivity contribution < 1.29 is 4.39 Å². The van der Waals surface area contributed by atoms with Gasteiger partial charge in [-0.2, -0.15) is 0 Å². The first kappa shape index (κ1) is 14.5. The van der Waals surface area contributed by atoms with Crippen molar-refractivity contribution in [2.45, 2.75) is 26.9 Å². The summed E-state index contributed by atoms with van der Waals surface area (Å²) in [7, 11) is 0. The van der Waals surface area contributed by atoms with Gasteiger partial charge in [0.25, 0.3) is 5.56 Å². The SMILES string of the molecule is Cc1cc(CNCCn2ccccc2=O)cc(C)c1F. The molecule has 0 saturated carbocycles. The lowest BCUT2D eigenvalue weighted by Gasteiger charge is -2.09. The fourth-order valence-corrected chi connectivity index (χ4v) is 2.22. The van der Waals surface area contributed by atoms with Crippen molar-refractivity contribution in [1.29, 1.82) is 0 Å². The molecule has 3 nitrogen and oxygen atoms in total. The second-order valence-electron chi connectivity index (χ2n) is 4.95. The second kappa shape index (κ2) is 6.48. The third-order valence-electron chi connectivity index (χ3n) is 3.25. The standard InChI is InChI=1S/C16H19FN2O/c1-12-9-14(10-13(2)16(12)17)11-18-6-8-19-7-4-3-5-15(19)20/h3-5,7,9-10,18H,6,8,11H2,1-2H3. The number of pyridine rings is 1. The van der Waals surface area contributed by atoms with Gasteiger partial charge in [-0.3, -0.25) is 4.79 Å². The molecule has 2 rings (SSSR count). The molecule has 106 valence electrons.